The van der Waals surface area contributed by atoms with E-state index in [-0.39, 0.29) is 12.4 Å². The fraction of sp³-hybridized carbons (Fsp3) is 0.462. The molecule has 0 heterocycles. The Morgan fingerprint density at radius 1 is 1.39 bits per heavy atom. The number of aliphatic imine (C=N–C) groups is 1. The molecule has 0 atom stereocenters. The average molecular weight is 253 g/mol. The second kappa shape index (κ2) is 7.66. The number of guanidine groups is 1. The van der Waals surface area contributed by atoms with Crippen molar-refractivity contribution in [2.24, 2.45) is 4.99 Å². The van der Waals surface area contributed by atoms with Gasteiger partial charge >= 0.3 is 0 Å². The van der Waals surface area contributed by atoms with Crippen molar-refractivity contribution in [2.75, 3.05) is 19.7 Å². The summed E-state index contributed by atoms with van der Waals surface area (Å²) in [7, 11) is 0. The van der Waals surface area contributed by atoms with Crippen LogP contribution in [-0.2, 0) is 6.54 Å². The molecule has 0 saturated heterocycles. The van der Waals surface area contributed by atoms with Crippen molar-refractivity contribution in [3.8, 4) is 0 Å². The van der Waals surface area contributed by atoms with Crippen LogP contribution in [0.25, 0.3) is 0 Å². The first-order valence-corrected chi connectivity index (χ1v) is 6.05. The Balaban J connectivity index is 2.65. The molecule has 0 amide bonds. The van der Waals surface area contributed by atoms with E-state index in [1.54, 1.807) is 13.0 Å². The lowest BCUT2D eigenvalue weighted by Crippen LogP contribution is -2.38. The number of aryl methyl sites for hydroxylation is 1. The van der Waals surface area contributed by atoms with Gasteiger partial charge in [-0.1, -0.05) is 12.1 Å². The van der Waals surface area contributed by atoms with E-state index in [4.69, 9.17) is 5.11 Å². The summed E-state index contributed by atoms with van der Waals surface area (Å²) in [5, 5.41) is 14.8. The van der Waals surface area contributed by atoms with Crippen LogP contribution >= 0.6 is 0 Å². The minimum Gasteiger partial charge on any atom is -0.395 e. The molecule has 1 aromatic carbocycles. The van der Waals surface area contributed by atoms with Gasteiger partial charge in [-0.2, -0.15) is 0 Å². The number of hydrogen-bond donors (Lipinski definition) is 3. The lowest BCUT2D eigenvalue weighted by Gasteiger charge is -2.10. The Hall–Kier alpha value is -1.62. The van der Waals surface area contributed by atoms with Crippen LogP contribution in [0.3, 0.4) is 0 Å². The smallest absolute Gasteiger partial charge is 0.191 e. The van der Waals surface area contributed by atoms with Crippen LogP contribution < -0.4 is 10.6 Å². The molecule has 0 aliphatic rings. The molecular formula is C13H20FN3O. The van der Waals surface area contributed by atoms with Crippen LogP contribution in [-0.4, -0.2) is 30.8 Å². The van der Waals surface area contributed by atoms with Crippen molar-refractivity contribution in [1.82, 2.24) is 10.6 Å². The summed E-state index contributed by atoms with van der Waals surface area (Å²) < 4.78 is 13.3. The number of nitrogens with zero attached hydrogens (tertiary/aromatic N) is 1. The molecule has 0 aliphatic carbocycles. The monoisotopic (exact) mass is 253 g/mol. The number of benzene rings is 1. The summed E-state index contributed by atoms with van der Waals surface area (Å²) in [5.74, 6) is 0.406. The Bertz CT molecular complexity index is 407. The molecule has 4 nitrogen and oxygen atoms in total. The highest BCUT2D eigenvalue weighted by Crippen LogP contribution is 2.09. The van der Waals surface area contributed by atoms with E-state index in [0.717, 1.165) is 12.1 Å². The number of halogens is 1. The van der Waals surface area contributed by atoms with Crippen molar-refractivity contribution in [2.45, 2.75) is 20.4 Å². The second-order valence-electron chi connectivity index (χ2n) is 3.93. The summed E-state index contributed by atoms with van der Waals surface area (Å²) >= 11 is 0. The van der Waals surface area contributed by atoms with Crippen LogP contribution in [0.1, 0.15) is 18.1 Å². The lowest BCUT2D eigenvalue weighted by molar-refractivity contribution is 0.300. The number of aliphatic hydroxyl groups is 1. The van der Waals surface area contributed by atoms with Crippen molar-refractivity contribution >= 4 is 5.96 Å². The van der Waals surface area contributed by atoms with Gasteiger partial charge in [-0.25, -0.2) is 9.38 Å². The van der Waals surface area contributed by atoms with Gasteiger partial charge in [0.05, 0.1) is 13.2 Å². The summed E-state index contributed by atoms with van der Waals surface area (Å²) in [6.07, 6.45) is 0. The van der Waals surface area contributed by atoms with E-state index in [0.29, 0.717) is 24.6 Å². The fourth-order valence-electron chi connectivity index (χ4n) is 1.42. The third-order valence-electron chi connectivity index (χ3n) is 2.40. The molecule has 1 rings (SSSR count). The van der Waals surface area contributed by atoms with Crippen molar-refractivity contribution in [3.05, 3.63) is 35.1 Å². The van der Waals surface area contributed by atoms with E-state index >= 15 is 0 Å². The highest BCUT2D eigenvalue weighted by atomic mass is 19.1. The zero-order chi connectivity index (χ0) is 13.4. The number of aliphatic hydroxyl groups excluding tert-OH is 1. The van der Waals surface area contributed by atoms with Gasteiger partial charge in [0.15, 0.2) is 5.96 Å². The van der Waals surface area contributed by atoms with Gasteiger partial charge in [0.25, 0.3) is 0 Å². The zero-order valence-corrected chi connectivity index (χ0v) is 10.8. The van der Waals surface area contributed by atoms with Crippen molar-refractivity contribution in [1.29, 1.82) is 0 Å². The largest absolute Gasteiger partial charge is 0.395 e. The first kappa shape index (κ1) is 14.4. The Labute approximate surface area is 107 Å². The van der Waals surface area contributed by atoms with Crippen LogP contribution in [0.2, 0.25) is 0 Å². The lowest BCUT2D eigenvalue weighted by atomic mass is 10.1. The molecule has 0 unspecified atom stereocenters. The molecule has 0 fully saturated rings. The molecule has 1 aromatic rings. The highest BCUT2D eigenvalue weighted by molar-refractivity contribution is 5.79. The number of nitrogens with one attached hydrogen (secondary N) is 2. The van der Waals surface area contributed by atoms with Crippen molar-refractivity contribution in [3.63, 3.8) is 0 Å². The standard InChI is InChI=1S/C13H20FN3O/c1-3-15-13(16-6-7-18)17-9-11-5-4-10(2)12(14)8-11/h4-5,8,18H,3,6-7,9H2,1-2H3,(H2,15,16,17). The van der Waals surface area contributed by atoms with E-state index in [1.807, 2.05) is 13.0 Å². The molecule has 0 radical (unpaired) electrons. The van der Waals surface area contributed by atoms with Gasteiger partial charge in [0.2, 0.25) is 0 Å². The first-order valence-electron chi connectivity index (χ1n) is 6.05. The molecule has 18 heavy (non-hydrogen) atoms. The zero-order valence-electron chi connectivity index (χ0n) is 10.8. The Morgan fingerprint density at radius 2 is 2.17 bits per heavy atom. The maximum atomic E-state index is 13.3. The summed E-state index contributed by atoms with van der Waals surface area (Å²) in [6, 6.07) is 5.10. The van der Waals surface area contributed by atoms with E-state index in [2.05, 4.69) is 15.6 Å². The van der Waals surface area contributed by atoms with Crippen LogP contribution in [0.4, 0.5) is 4.39 Å². The third kappa shape index (κ3) is 4.71. The fourth-order valence-corrected chi connectivity index (χ4v) is 1.42. The van der Waals surface area contributed by atoms with Gasteiger partial charge in [-0.15, -0.1) is 0 Å². The van der Waals surface area contributed by atoms with Gasteiger partial charge in [0.1, 0.15) is 5.82 Å². The molecule has 0 bridgehead atoms. The van der Waals surface area contributed by atoms with E-state index in [9.17, 15) is 4.39 Å². The molecular weight excluding hydrogens is 233 g/mol. The number of hydrogen-bond acceptors (Lipinski definition) is 2. The minimum atomic E-state index is -0.212. The second-order valence-corrected chi connectivity index (χ2v) is 3.93. The van der Waals surface area contributed by atoms with Gasteiger partial charge in [-0.05, 0) is 31.0 Å². The Morgan fingerprint density at radius 3 is 2.78 bits per heavy atom. The van der Waals surface area contributed by atoms with Crippen LogP contribution in [0.15, 0.2) is 23.2 Å². The normalized spacial score (nSPS) is 11.4. The molecule has 100 valence electrons. The van der Waals surface area contributed by atoms with Gasteiger partial charge < -0.3 is 15.7 Å². The number of rotatable bonds is 5. The maximum Gasteiger partial charge on any atom is 0.191 e. The minimum absolute atomic E-state index is 0.0452. The maximum absolute atomic E-state index is 13.3. The van der Waals surface area contributed by atoms with Crippen LogP contribution in [0.5, 0.6) is 0 Å². The average Bonchev–Trinajstić information content (AvgIpc) is 2.37. The summed E-state index contributed by atoms with van der Waals surface area (Å²) in [5.41, 5.74) is 1.45. The predicted octanol–water partition coefficient (Wildman–Crippen LogP) is 1.18. The SMILES string of the molecule is CCNC(=NCc1ccc(C)c(F)c1)NCCO. The molecule has 0 aliphatic heterocycles. The molecule has 0 saturated carbocycles. The third-order valence-corrected chi connectivity index (χ3v) is 2.40. The Kier molecular flexibility index (Phi) is 6.14. The molecule has 0 spiro atoms. The highest BCUT2D eigenvalue weighted by Gasteiger charge is 2.00. The predicted molar refractivity (Wildman–Crippen MR) is 71.0 cm³/mol. The molecule has 5 heteroatoms. The quantitative estimate of drug-likeness (QED) is 0.545. The van der Waals surface area contributed by atoms with Gasteiger partial charge in [0, 0.05) is 13.1 Å². The van der Waals surface area contributed by atoms with Gasteiger partial charge in [-0.3, -0.25) is 0 Å². The van der Waals surface area contributed by atoms with Crippen LogP contribution in [0, 0.1) is 12.7 Å². The molecule has 3 N–H and O–H groups in total. The topological polar surface area (TPSA) is 56.7 Å². The molecule has 0 aromatic heterocycles. The summed E-state index contributed by atoms with van der Waals surface area (Å²) in [4.78, 5) is 4.31. The van der Waals surface area contributed by atoms with E-state index in [1.165, 1.54) is 6.07 Å². The van der Waals surface area contributed by atoms with Crippen molar-refractivity contribution < 1.29 is 9.50 Å². The summed E-state index contributed by atoms with van der Waals surface area (Å²) in [6.45, 7) is 5.31. The first-order chi connectivity index (χ1) is 8.67. The van der Waals surface area contributed by atoms with E-state index < -0.39 is 0 Å².